The highest BCUT2D eigenvalue weighted by atomic mass is 32.2. The van der Waals surface area contributed by atoms with Crippen LogP contribution in [0.5, 0.6) is 11.5 Å². The van der Waals surface area contributed by atoms with Gasteiger partial charge in [0.15, 0.2) is 11.5 Å². The molecule has 0 spiro atoms. The van der Waals surface area contributed by atoms with Gasteiger partial charge >= 0.3 is 6.03 Å². The predicted molar refractivity (Wildman–Crippen MR) is 102 cm³/mol. The van der Waals surface area contributed by atoms with Crippen LogP contribution in [0.15, 0.2) is 18.2 Å². The summed E-state index contributed by atoms with van der Waals surface area (Å²) in [5.41, 5.74) is 0.918. The highest BCUT2D eigenvalue weighted by Crippen LogP contribution is 2.33. The molecule has 1 aromatic rings. The summed E-state index contributed by atoms with van der Waals surface area (Å²) in [6.07, 6.45) is 1.81. The highest BCUT2D eigenvalue weighted by Gasteiger charge is 2.25. The van der Waals surface area contributed by atoms with E-state index in [0.29, 0.717) is 37.8 Å². The Labute approximate surface area is 160 Å². The third-order valence-electron chi connectivity index (χ3n) is 5.04. The molecule has 2 heterocycles. The second-order valence-electron chi connectivity index (χ2n) is 6.84. The van der Waals surface area contributed by atoms with Crippen LogP contribution in [-0.4, -0.2) is 69.3 Å². The van der Waals surface area contributed by atoms with Crippen molar-refractivity contribution in [2.24, 2.45) is 0 Å². The lowest BCUT2D eigenvalue weighted by atomic mass is 10.1. The smallest absolute Gasteiger partial charge is 0.317 e. The average Bonchev–Trinajstić information content (AvgIpc) is 3.22. The van der Waals surface area contributed by atoms with E-state index in [2.05, 4.69) is 5.32 Å². The lowest BCUT2D eigenvalue weighted by Gasteiger charge is -2.27. The summed E-state index contributed by atoms with van der Waals surface area (Å²) in [4.78, 5) is 14.0. The second-order valence-corrected chi connectivity index (χ2v) is 8.93. The fourth-order valence-corrected chi connectivity index (χ4v) is 4.66. The van der Waals surface area contributed by atoms with Gasteiger partial charge in [0.1, 0.15) is 13.2 Å². The van der Waals surface area contributed by atoms with Crippen LogP contribution in [0.3, 0.4) is 0 Å². The lowest BCUT2D eigenvalue weighted by molar-refractivity contribution is 0.170. The SMILES string of the molecule is CC(c1ccc2c(c1)OCCO2)N(C)C(=O)NCCS(=O)(=O)N1CCCC1. The molecule has 0 aromatic heterocycles. The molecule has 1 N–H and O–H groups in total. The number of sulfonamides is 1. The fourth-order valence-electron chi connectivity index (χ4n) is 3.23. The molecule has 1 atom stereocenters. The van der Waals surface area contributed by atoms with Crippen molar-refractivity contribution >= 4 is 16.1 Å². The van der Waals surface area contributed by atoms with Crippen LogP contribution in [0, 0.1) is 0 Å². The van der Waals surface area contributed by atoms with Gasteiger partial charge in [-0.05, 0) is 37.5 Å². The summed E-state index contributed by atoms with van der Waals surface area (Å²) in [5, 5.41) is 2.70. The molecule has 2 amide bonds. The summed E-state index contributed by atoms with van der Waals surface area (Å²) in [5.74, 6) is 1.30. The van der Waals surface area contributed by atoms with Crippen molar-refractivity contribution in [1.29, 1.82) is 0 Å². The monoisotopic (exact) mass is 397 g/mol. The molecule has 0 aliphatic carbocycles. The molecule has 2 aliphatic rings. The number of nitrogens with one attached hydrogen (secondary N) is 1. The Balaban J connectivity index is 1.53. The Kier molecular flexibility index (Phi) is 6.11. The summed E-state index contributed by atoms with van der Waals surface area (Å²) in [6, 6.07) is 5.11. The molecule has 1 aromatic carbocycles. The first kappa shape index (κ1) is 19.8. The number of urea groups is 1. The number of fused-ring (bicyclic) bond motifs is 1. The maximum absolute atomic E-state index is 12.4. The fraction of sp³-hybridized carbons (Fsp3) is 0.611. The van der Waals surface area contributed by atoms with Crippen molar-refractivity contribution in [2.75, 3.05) is 45.6 Å². The molecule has 27 heavy (non-hydrogen) atoms. The van der Waals surface area contributed by atoms with Gasteiger partial charge in [-0.3, -0.25) is 0 Å². The van der Waals surface area contributed by atoms with Crippen molar-refractivity contribution in [1.82, 2.24) is 14.5 Å². The van der Waals surface area contributed by atoms with E-state index >= 15 is 0 Å². The number of carbonyl (C=O) groups excluding carboxylic acids is 1. The Morgan fingerprint density at radius 2 is 1.89 bits per heavy atom. The third-order valence-corrected chi connectivity index (χ3v) is 6.92. The number of carbonyl (C=O) groups is 1. The first-order valence-electron chi connectivity index (χ1n) is 9.26. The molecule has 3 rings (SSSR count). The van der Waals surface area contributed by atoms with Crippen LogP contribution in [0.1, 0.15) is 31.4 Å². The minimum Gasteiger partial charge on any atom is -0.486 e. The molecule has 0 bridgehead atoms. The largest absolute Gasteiger partial charge is 0.486 e. The third kappa shape index (κ3) is 4.65. The molecule has 8 nitrogen and oxygen atoms in total. The van der Waals surface area contributed by atoms with Gasteiger partial charge in [-0.15, -0.1) is 0 Å². The minimum atomic E-state index is -3.29. The Morgan fingerprint density at radius 1 is 1.22 bits per heavy atom. The minimum absolute atomic E-state index is 0.0784. The Bertz CT molecular complexity index is 777. The number of nitrogens with zero attached hydrogens (tertiary/aromatic N) is 2. The highest BCUT2D eigenvalue weighted by molar-refractivity contribution is 7.89. The molecular formula is C18H27N3O5S. The number of rotatable bonds is 6. The van der Waals surface area contributed by atoms with Gasteiger partial charge in [0.25, 0.3) is 0 Å². The zero-order chi connectivity index (χ0) is 19.4. The predicted octanol–water partition coefficient (Wildman–Crippen LogP) is 1.59. The van der Waals surface area contributed by atoms with Crippen LogP contribution in [0.4, 0.5) is 4.79 Å². The molecule has 2 aliphatic heterocycles. The zero-order valence-electron chi connectivity index (χ0n) is 15.8. The van der Waals surface area contributed by atoms with Gasteiger partial charge in [-0.25, -0.2) is 17.5 Å². The maximum Gasteiger partial charge on any atom is 0.317 e. The number of ether oxygens (including phenoxy) is 2. The number of benzene rings is 1. The van der Waals surface area contributed by atoms with Crippen molar-refractivity contribution in [3.05, 3.63) is 23.8 Å². The molecule has 0 radical (unpaired) electrons. The Morgan fingerprint density at radius 3 is 2.59 bits per heavy atom. The summed E-state index contributed by atoms with van der Waals surface area (Å²) < 4.78 is 37.0. The summed E-state index contributed by atoms with van der Waals surface area (Å²) in [6.45, 7) is 4.20. The van der Waals surface area contributed by atoms with E-state index in [-0.39, 0.29) is 24.4 Å². The number of hydrogen-bond donors (Lipinski definition) is 1. The topological polar surface area (TPSA) is 88.2 Å². The number of amides is 2. The quantitative estimate of drug-likeness (QED) is 0.788. The van der Waals surface area contributed by atoms with Gasteiger partial charge in [-0.1, -0.05) is 6.07 Å². The van der Waals surface area contributed by atoms with Crippen LogP contribution < -0.4 is 14.8 Å². The second kappa shape index (κ2) is 8.35. The molecule has 150 valence electrons. The van der Waals surface area contributed by atoms with E-state index in [1.165, 1.54) is 4.31 Å². The van der Waals surface area contributed by atoms with Gasteiger partial charge < -0.3 is 19.7 Å². The van der Waals surface area contributed by atoms with Gasteiger partial charge in [0.05, 0.1) is 11.8 Å². The summed E-state index contributed by atoms with van der Waals surface area (Å²) in [7, 11) is -1.61. The van der Waals surface area contributed by atoms with Gasteiger partial charge in [0.2, 0.25) is 10.0 Å². The molecule has 1 saturated heterocycles. The van der Waals surface area contributed by atoms with Crippen LogP contribution >= 0.6 is 0 Å². The summed E-state index contributed by atoms with van der Waals surface area (Å²) >= 11 is 0. The van der Waals surface area contributed by atoms with Crippen molar-refractivity contribution < 1.29 is 22.7 Å². The number of hydrogen-bond acceptors (Lipinski definition) is 5. The molecule has 9 heteroatoms. The van der Waals surface area contributed by atoms with Crippen LogP contribution in [0.25, 0.3) is 0 Å². The first-order chi connectivity index (χ1) is 12.9. The molecule has 1 unspecified atom stereocenters. The molecule has 0 saturated carbocycles. The van der Waals surface area contributed by atoms with Gasteiger partial charge in [0, 0.05) is 26.7 Å². The van der Waals surface area contributed by atoms with Crippen molar-refractivity contribution in [3.63, 3.8) is 0 Å². The zero-order valence-corrected chi connectivity index (χ0v) is 16.6. The van der Waals surface area contributed by atoms with E-state index in [4.69, 9.17) is 9.47 Å². The molecule has 1 fully saturated rings. The van der Waals surface area contributed by atoms with E-state index in [1.54, 1.807) is 11.9 Å². The normalized spacial score (nSPS) is 18.1. The average molecular weight is 397 g/mol. The van der Waals surface area contributed by atoms with E-state index in [9.17, 15) is 13.2 Å². The molecular weight excluding hydrogens is 370 g/mol. The lowest BCUT2D eigenvalue weighted by Crippen LogP contribution is -2.42. The van der Waals surface area contributed by atoms with Crippen molar-refractivity contribution in [3.8, 4) is 11.5 Å². The van der Waals surface area contributed by atoms with Crippen molar-refractivity contribution in [2.45, 2.75) is 25.8 Å². The first-order valence-corrected chi connectivity index (χ1v) is 10.9. The maximum atomic E-state index is 12.4. The van der Waals surface area contributed by atoms with E-state index in [0.717, 1.165) is 18.4 Å². The van der Waals surface area contributed by atoms with E-state index in [1.807, 2.05) is 25.1 Å². The van der Waals surface area contributed by atoms with Gasteiger partial charge in [-0.2, -0.15) is 0 Å². The van der Waals surface area contributed by atoms with Crippen LogP contribution in [-0.2, 0) is 10.0 Å². The Hall–Kier alpha value is -2.00. The van der Waals surface area contributed by atoms with Crippen LogP contribution in [0.2, 0.25) is 0 Å². The van der Waals surface area contributed by atoms with E-state index < -0.39 is 10.0 Å². The standard InChI is InChI=1S/C18H27N3O5S/c1-14(15-5-6-16-17(13-15)26-11-10-25-16)20(2)18(22)19-7-12-27(23,24)21-8-3-4-9-21/h5-6,13-14H,3-4,7-12H2,1-2H3,(H,19,22).